The van der Waals surface area contributed by atoms with Crippen molar-refractivity contribution < 1.29 is 18.3 Å². The normalized spacial score (nSPS) is 13.7. The molecule has 0 aliphatic carbocycles. The molecule has 0 saturated heterocycles. The zero-order valence-electron chi connectivity index (χ0n) is 13.2. The second-order valence-corrected chi connectivity index (χ2v) is 7.83. The number of carbonyl (C=O) groups excluding carboxylic acids is 1. The summed E-state index contributed by atoms with van der Waals surface area (Å²) < 4.78 is 31.7. The number of hydrogen-bond donors (Lipinski definition) is 0. The molecule has 2 aromatic rings. The van der Waals surface area contributed by atoms with E-state index in [9.17, 15) is 18.4 Å². The Balaban J connectivity index is 2.61. The molecule has 2 rings (SSSR count). The first kappa shape index (κ1) is 21.3. The highest BCUT2D eigenvalue weighted by Crippen LogP contribution is 2.39. The maximum Gasteiger partial charge on any atom is 0.355 e. The molecule has 0 saturated carbocycles. The van der Waals surface area contributed by atoms with Gasteiger partial charge < -0.3 is 4.74 Å². The molecule has 1 aromatic heterocycles. The van der Waals surface area contributed by atoms with Crippen LogP contribution < -0.4 is 5.69 Å². The van der Waals surface area contributed by atoms with Gasteiger partial charge in [0.25, 0.3) is 0 Å². The second-order valence-electron chi connectivity index (χ2n) is 5.04. The van der Waals surface area contributed by atoms with Crippen molar-refractivity contribution in [3.63, 3.8) is 0 Å². The van der Waals surface area contributed by atoms with Crippen LogP contribution in [0.4, 0.5) is 8.78 Å². The van der Waals surface area contributed by atoms with Gasteiger partial charge in [0.15, 0.2) is 0 Å². The molecule has 0 bridgehead atoms. The van der Waals surface area contributed by atoms with E-state index in [-0.39, 0.29) is 26.1 Å². The number of rotatable bonds is 5. The number of carbonyl (C=O) groups is 1. The van der Waals surface area contributed by atoms with E-state index < -0.39 is 27.9 Å². The molecule has 0 N–H and O–H groups in total. The Bertz CT molecular complexity index is 904. The van der Waals surface area contributed by atoms with Crippen molar-refractivity contribution in [1.29, 1.82) is 0 Å². The number of halogens is 6. The highest BCUT2D eigenvalue weighted by atomic mass is 79.9. The lowest BCUT2D eigenvalue weighted by atomic mass is 10.1. The quantitative estimate of drug-likeness (QED) is 0.418. The van der Waals surface area contributed by atoms with Crippen molar-refractivity contribution in [1.82, 2.24) is 14.3 Å². The molecule has 1 aromatic carbocycles. The summed E-state index contributed by atoms with van der Waals surface area (Å²) in [6.45, 7) is -1.77. The molecule has 26 heavy (non-hydrogen) atoms. The van der Waals surface area contributed by atoms with Gasteiger partial charge in [0.2, 0.25) is 0 Å². The van der Waals surface area contributed by atoms with Crippen LogP contribution in [0.15, 0.2) is 16.9 Å². The van der Waals surface area contributed by atoms with Crippen molar-refractivity contribution in [3.8, 4) is 5.69 Å². The first-order chi connectivity index (χ1) is 12.1. The highest BCUT2D eigenvalue weighted by Gasteiger charge is 2.29. The van der Waals surface area contributed by atoms with Crippen LogP contribution in [0.5, 0.6) is 0 Å². The predicted octanol–water partition coefficient (Wildman–Crippen LogP) is 4.42. The monoisotopic (exact) mass is 535 g/mol. The van der Waals surface area contributed by atoms with Gasteiger partial charge in [-0.2, -0.15) is 13.5 Å². The van der Waals surface area contributed by atoms with Crippen molar-refractivity contribution in [2.45, 2.75) is 23.1 Å². The van der Waals surface area contributed by atoms with E-state index in [2.05, 4.69) is 41.7 Å². The van der Waals surface area contributed by atoms with E-state index in [0.29, 0.717) is 5.56 Å². The number of aryl methyl sites for hydroxylation is 1. The first-order valence-corrected chi connectivity index (χ1v) is 9.50. The molecule has 6 nitrogen and oxygen atoms in total. The van der Waals surface area contributed by atoms with Gasteiger partial charge in [-0.05, 0) is 24.6 Å². The number of aromatic nitrogens is 3. The maximum absolute atomic E-state index is 13.0. The Hall–Kier alpha value is -0.970. The molecule has 0 fully saturated rings. The van der Waals surface area contributed by atoms with Gasteiger partial charge in [-0.15, -0.1) is 5.10 Å². The van der Waals surface area contributed by atoms with E-state index in [1.165, 1.54) is 26.2 Å². The summed E-state index contributed by atoms with van der Waals surface area (Å²) in [7, 11) is 1.23. The van der Waals surface area contributed by atoms with Crippen LogP contribution in [0.1, 0.15) is 22.8 Å². The highest BCUT2D eigenvalue weighted by molar-refractivity contribution is 9.12. The maximum atomic E-state index is 13.0. The summed E-state index contributed by atoms with van der Waals surface area (Å²) in [5.74, 6) is -0.740. The summed E-state index contributed by atoms with van der Waals surface area (Å²) in [6, 6.07) is 2.73. The Kier molecular flexibility index (Phi) is 6.86. The lowest BCUT2D eigenvalue weighted by molar-refractivity contribution is -0.139. The first-order valence-electron chi connectivity index (χ1n) is 6.91. The number of nitrogens with zero attached hydrogens (tertiary/aromatic N) is 3. The average molecular weight is 538 g/mol. The van der Waals surface area contributed by atoms with Gasteiger partial charge in [0.1, 0.15) is 10.7 Å². The minimum Gasteiger partial charge on any atom is -0.468 e. The zero-order valence-corrected chi connectivity index (χ0v) is 17.9. The van der Waals surface area contributed by atoms with Crippen molar-refractivity contribution in [2.75, 3.05) is 7.11 Å². The van der Waals surface area contributed by atoms with Crippen LogP contribution >= 0.6 is 55.1 Å². The van der Waals surface area contributed by atoms with Crippen molar-refractivity contribution >= 4 is 61.0 Å². The molecule has 1 heterocycles. The van der Waals surface area contributed by atoms with E-state index in [0.717, 1.165) is 4.68 Å². The number of alkyl halides is 4. The molecule has 0 aliphatic rings. The number of hydrogen-bond acceptors (Lipinski definition) is 4. The van der Waals surface area contributed by atoms with Crippen molar-refractivity contribution in [3.05, 3.63) is 44.1 Å². The van der Waals surface area contributed by atoms with Crippen LogP contribution in [-0.2, 0) is 9.53 Å². The van der Waals surface area contributed by atoms with Gasteiger partial charge in [0.05, 0.1) is 22.6 Å². The lowest BCUT2D eigenvalue weighted by Gasteiger charge is -2.18. The molecule has 0 spiro atoms. The minimum atomic E-state index is -3.04. The fraction of sp³-hybridized carbons (Fsp3) is 0.357. The lowest BCUT2D eigenvalue weighted by Crippen LogP contribution is -2.25. The van der Waals surface area contributed by atoms with Crippen LogP contribution in [0.25, 0.3) is 5.69 Å². The largest absolute Gasteiger partial charge is 0.468 e. The standard InChI is InChI=1S/C14H11Br2Cl2F2N3O3/c1-5-21-23(14(25)22(5)13(19)20)9-3-6(7(17)4-8(9)18)10(15)11(16)12(24)26-2/h3-4,10-11,13H,1-2H3. The minimum absolute atomic E-state index is 0.0312. The third-order valence-electron chi connectivity index (χ3n) is 3.45. The van der Waals surface area contributed by atoms with E-state index in [4.69, 9.17) is 23.2 Å². The Labute approximate surface area is 173 Å². The SMILES string of the molecule is COC(=O)C(Br)C(Br)c1cc(-n2nc(C)n(C(F)F)c2=O)c(Cl)cc1Cl. The van der Waals surface area contributed by atoms with Gasteiger partial charge >= 0.3 is 18.2 Å². The van der Waals surface area contributed by atoms with Crippen LogP contribution in [0.2, 0.25) is 10.0 Å². The summed E-state index contributed by atoms with van der Waals surface area (Å²) >= 11 is 18.8. The molecule has 0 aliphatic heterocycles. The van der Waals surface area contributed by atoms with E-state index >= 15 is 0 Å². The fourth-order valence-corrected chi connectivity index (χ4v) is 3.95. The van der Waals surface area contributed by atoms with Gasteiger partial charge in [0, 0.05) is 5.02 Å². The van der Waals surface area contributed by atoms with Gasteiger partial charge in [-0.25, -0.2) is 9.36 Å². The van der Waals surface area contributed by atoms with Gasteiger partial charge in [-0.3, -0.25) is 4.79 Å². The number of ether oxygens (including phenoxy) is 1. The second kappa shape index (κ2) is 8.37. The van der Waals surface area contributed by atoms with Crippen LogP contribution in [0.3, 0.4) is 0 Å². The Morgan fingerprint density at radius 3 is 2.38 bits per heavy atom. The van der Waals surface area contributed by atoms with Gasteiger partial charge in [-0.1, -0.05) is 55.1 Å². The smallest absolute Gasteiger partial charge is 0.355 e. The predicted molar refractivity (Wildman–Crippen MR) is 100 cm³/mol. The van der Waals surface area contributed by atoms with Crippen LogP contribution in [-0.4, -0.2) is 32.3 Å². The third-order valence-corrected chi connectivity index (χ3v) is 6.71. The molecular formula is C14H11Br2Cl2F2N3O3. The Morgan fingerprint density at radius 2 is 1.88 bits per heavy atom. The molecule has 0 amide bonds. The molecule has 12 heteroatoms. The molecular weight excluding hydrogens is 527 g/mol. The number of methoxy groups -OCH3 is 1. The zero-order chi connectivity index (χ0) is 19.8. The molecule has 2 atom stereocenters. The summed E-state index contributed by atoms with van der Waals surface area (Å²) in [5.41, 5.74) is -0.621. The molecule has 142 valence electrons. The Morgan fingerprint density at radius 1 is 1.27 bits per heavy atom. The summed E-state index contributed by atoms with van der Waals surface area (Å²) in [6.07, 6.45) is 0. The summed E-state index contributed by atoms with van der Waals surface area (Å²) in [5, 5.41) is 4.06. The average Bonchev–Trinajstić information content (AvgIpc) is 2.87. The van der Waals surface area contributed by atoms with E-state index in [1.54, 1.807) is 0 Å². The number of esters is 1. The number of benzene rings is 1. The van der Waals surface area contributed by atoms with Crippen molar-refractivity contribution in [2.24, 2.45) is 0 Å². The third kappa shape index (κ3) is 3.97. The summed E-state index contributed by atoms with van der Waals surface area (Å²) in [4.78, 5) is 22.5. The van der Waals surface area contributed by atoms with Crippen LogP contribution in [0, 0.1) is 6.92 Å². The molecule has 0 radical (unpaired) electrons. The topological polar surface area (TPSA) is 66.1 Å². The van der Waals surface area contributed by atoms with E-state index in [1.807, 2.05) is 0 Å². The molecule has 2 unspecified atom stereocenters. The fourth-order valence-electron chi connectivity index (χ4n) is 2.17.